The largest absolute Gasteiger partial charge is 0.508 e. The molecular formula is C49H67Cl2N3O17S2. The maximum Gasteiger partial charge on any atom is 0.508 e. The Morgan fingerprint density at radius 2 is 1.66 bits per heavy atom. The Morgan fingerprint density at radius 1 is 0.973 bits per heavy atom. The number of benzene rings is 2. The number of methoxy groups -OCH3 is 1. The number of nitrogens with one attached hydrogen (secondary N) is 3. The average molecular weight is 1110 g/mol. The van der Waals surface area contributed by atoms with Crippen LogP contribution in [0.1, 0.15) is 70.9 Å². The Labute approximate surface area is 442 Å². The van der Waals surface area contributed by atoms with Gasteiger partial charge in [0.1, 0.15) is 48.9 Å². The molecular weight excluding hydrogens is 1040 g/mol. The zero-order valence-electron chi connectivity index (χ0n) is 41.6. The van der Waals surface area contributed by atoms with Crippen LogP contribution < -0.4 is 20.7 Å². The minimum absolute atomic E-state index is 0.0118. The van der Waals surface area contributed by atoms with Crippen LogP contribution in [0.25, 0.3) is 0 Å². The molecule has 0 spiro atoms. The molecule has 2 aromatic rings. The summed E-state index contributed by atoms with van der Waals surface area (Å²) in [6.07, 6.45) is -7.98. The van der Waals surface area contributed by atoms with Crippen molar-refractivity contribution in [2.24, 2.45) is 23.2 Å². The van der Waals surface area contributed by atoms with Gasteiger partial charge in [0.25, 0.3) is 0 Å². The zero-order valence-corrected chi connectivity index (χ0v) is 44.7. The molecule has 0 fully saturated rings. The Bertz CT molecular complexity index is 2190. The van der Waals surface area contributed by atoms with E-state index < -0.39 is 120 Å². The van der Waals surface area contributed by atoms with Gasteiger partial charge in [0.05, 0.1) is 41.6 Å². The molecule has 0 radical (unpaired) electrons. The number of rotatable bonds is 23. The summed E-state index contributed by atoms with van der Waals surface area (Å²) in [5.74, 6) is -7.43. The second-order valence-corrected chi connectivity index (χ2v) is 21.8. The van der Waals surface area contributed by atoms with Crippen LogP contribution in [0.5, 0.6) is 5.75 Å². The fourth-order valence-corrected chi connectivity index (χ4v) is 9.67. The predicted octanol–water partition coefficient (Wildman–Crippen LogP) is 4.15. The number of halogens is 2. The van der Waals surface area contributed by atoms with Gasteiger partial charge in [0, 0.05) is 36.8 Å². The van der Waals surface area contributed by atoms with E-state index in [4.69, 9.17) is 52.0 Å². The van der Waals surface area contributed by atoms with Gasteiger partial charge in [-0.25, -0.2) is 14.4 Å². The highest BCUT2D eigenvalue weighted by Crippen LogP contribution is 2.35. The van der Waals surface area contributed by atoms with E-state index in [1.165, 1.54) is 40.0 Å². The lowest BCUT2D eigenvalue weighted by molar-refractivity contribution is -0.178. The molecule has 24 heteroatoms. The van der Waals surface area contributed by atoms with Gasteiger partial charge < -0.3 is 65.2 Å². The second kappa shape index (κ2) is 30.5. The van der Waals surface area contributed by atoms with Gasteiger partial charge in [-0.3, -0.25) is 19.2 Å². The molecule has 2 aromatic carbocycles. The fraction of sp³-hybridized carbons (Fsp3) is 0.571. The molecule has 3 rings (SSSR count). The summed E-state index contributed by atoms with van der Waals surface area (Å²) < 4.78 is 28.4. The fourth-order valence-electron chi connectivity index (χ4n) is 6.98. The number of carbonyl (C=O) groups is 7. The topological polar surface area (TPSA) is 303 Å². The van der Waals surface area contributed by atoms with E-state index in [1.807, 2.05) is 13.8 Å². The average Bonchev–Trinajstić information content (AvgIpc) is 3.35. The number of aliphatic carboxylic acids is 1. The van der Waals surface area contributed by atoms with Crippen molar-refractivity contribution in [3.05, 3.63) is 76.8 Å². The van der Waals surface area contributed by atoms with E-state index in [9.17, 15) is 54.0 Å². The normalized spacial score (nSPS) is 21.1. The van der Waals surface area contributed by atoms with Gasteiger partial charge in [-0.1, -0.05) is 103 Å². The quantitative estimate of drug-likeness (QED) is 0.0194. The van der Waals surface area contributed by atoms with Crippen molar-refractivity contribution in [3.8, 4) is 5.75 Å². The number of hydrogen-bond acceptors (Lipinski definition) is 18. The molecule has 406 valence electrons. The highest BCUT2D eigenvalue weighted by Gasteiger charge is 2.41. The highest BCUT2D eigenvalue weighted by molar-refractivity contribution is 8.76. The van der Waals surface area contributed by atoms with Crippen molar-refractivity contribution >= 4 is 86.6 Å². The molecule has 20 nitrogen and oxygen atoms in total. The molecule has 3 amide bonds. The number of alkyl halides is 1. The third-order valence-electron chi connectivity index (χ3n) is 11.5. The van der Waals surface area contributed by atoms with Crippen LogP contribution in [0.2, 0.25) is 5.02 Å². The molecule has 11 atom stereocenters. The summed E-state index contributed by atoms with van der Waals surface area (Å²) in [5.41, 5.74) is -0.252. The molecule has 73 heavy (non-hydrogen) atoms. The van der Waals surface area contributed by atoms with Crippen molar-refractivity contribution in [1.82, 2.24) is 16.0 Å². The van der Waals surface area contributed by atoms with Crippen molar-refractivity contribution in [1.29, 1.82) is 0 Å². The van der Waals surface area contributed by atoms with E-state index in [0.717, 1.165) is 21.6 Å². The van der Waals surface area contributed by atoms with Crippen LogP contribution in [0, 0.1) is 23.2 Å². The number of carbonyl (C=O) groups excluding carboxylic acids is 6. The standard InChI is InChI=1S/C49H67Cl2N3O17S2/c1-26(2)20-37-46(64)69-35(14-11-15-38(57)53-32(22-29-16-17-36(67-7)31(50)21-29)44(61)52-25-49(5,6)47(65)70-37)27(3)42(39(51)30-12-9-8-10-13-30)71-48(66)68-18-19-72-73-24-33(45(62)63)54-43(60)28(4)40(58)41(59)34(56)23-55/h8-14,16-17,21,26-28,32-35,37,39-42,55-56,58-59H,15,18-20,22-25H2,1-7H3,(H,52,61)(H,53,57)(H,54,60)(H,62,63)/t27-,28-,32+,33+,34+,35-,37-,39-,40+,41+,42+/m0/s1. The predicted molar refractivity (Wildman–Crippen MR) is 273 cm³/mol. The van der Waals surface area contributed by atoms with Crippen molar-refractivity contribution in [2.45, 2.75) is 115 Å². The minimum atomic E-state index is -1.87. The molecule has 0 aromatic heterocycles. The van der Waals surface area contributed by atoms with Crippen molar-refractivity contribution in [3.63, 3.8) is 0 Å². The van der Waals surface area contributed by atoms with E-state index in [1.54, 1.807) is 55.5 Å². The summed E-state index contributed by atoms with van der Waals surface area (Å²) in [6, 6.07) is 10.9. The maximum absolute atomic E-state index is 14.1. The van der Waals surface area contributed by atoms with Crippen LogP contribution in [0.15, 0.2) is 60.7 Å². The Hall–Kier alpha value is -4.81. The SMILES string of the molecule is COc1ccc(C[C@H]2NC(=O)CC=C[C@@H]([C@H](C)[C@@H](OC(=O)OCCSSC[C@@H](NC(=O)[C@@H](C)[C@@H](O)[C@H](O)[C@H](O)CO)C(=O)O)[C@@H](Cl)c3ccccc3)OC(=O)[C@H](CC(C)C)OC(=O)C(C)(C)CNC2=O)cc1Cl. The lowest BCUT2D eigenvalue weighted by atomic mass is 9.91. The van der Waals surface area contributed by atoms with E-state index in [0.29, 0.717) is 16.9 Å². The van der Waals surface area contributed by atoms with Crippen LogP contribution in [-0.4, -0.2) is 154 Å². The monoisotopic (exact) mass is 1100 g/mol. The second-order valence-electron chi connectivity index (χ2n) is 18.3. The summed E-state index contributed by atoms with van der Waals surface area (Å²) in [4.78, 5) is 93.2. The Kier molecular flexibility index (Phi) is 26.1. The Morgan fingerprint density at radius 3 is 2.27 bits per heavy atom. The number of aliphatic hydroxyl groups is 4. The third kappa shape index (κ3) is 20.1. The summed E-state index contributed by atoms with van der Waals surface area (Å²) in [7, 11) is 3.57. The first-order valence-electron chi connectivity index (χ1n) is 23.3. The first-order chi connectivity index (χ1) is 34.4. The van der Waals surface area contributed by atoms with E-state index >= 15 is 0 Å². The number of cyclic esters (lactones) is 2. The molecule has 0 saturated carbocycles. The molecule has 1 aliphatic heterocycles. The molecule has 0 bridgehead atoms. The van der Waals surface area contributed by atoms with Gasteiger partial charge in [-0.15, -0.1) is 11.6 Å². The van der Waals surface area contributed by atoms with Gasteiger partial charge in [-0.05, 0) is 55.5 Å². The van der Waals surface area contributed by atoms with Gasteiger partial charge in [0.15, 0.2) is 6.10 Å². The van der Waals surface area contributed by atoms with Crippen LogP contribution in [0.4, 0.5) is 4.79 Å². The summed E-state index contributed by atoms with van der Waals surface area (Å²) in [6.45, 7) is 8.14. The number of amides is 3. The van der Waals surface area contributed by atoms with E-state index in [-0.39, 0.29) is 54.9 Å². The van der Waals surface area contributed by atoms with Crippen molar-refractivity contribution < 1.29 is 82.8 Å². The molecule has 0 aliphatic carbocycles. The number of esters is 2. The molecule has 8 N–H and O–H groups in total. The lowest BCUT2D eigenvalue weighted by Gasteiger charge is -2.33. The first kappa shape index (κ1) is 62.5. The molecule has 1 aliphatic rings. The third-order valence-corrected chi connectivity index (χ3v) is 14.7. The minimum Gasteiger partial charge on any atom is -0.495 e. The van der Waals surface area contributed by atoms with Crippen LogP contribution >= 0.6 is 44.8 Å². The summed E-state index contributed by atoms with van der Waals surface area (Å²) in [5, 5.41) is 55.5. The highest BCUT2D eigenvalue weighted by atomic mass is 35.5. The molecule has 1 heterocycles. The zero-order chi connectivity index (χ0) is 54.6. The first-order valence-corrected chi connectivity index (χ1v) is 26.6. The van der Waals surface area contributed by atoms with Crippen LogP contribution in [-0.2, 0) is 54.1 Å². The van der Waals surface area contributed by atoms with Gasteiger partial charge in [-0.2, -0.15) is 0 Å². The van der Waals surface area contributed by atoms with Gasteiger partial charge >= 0.3 is 24.1 Å². The molecule has 0 saturated heterocycles. The number of carboxylic acids is 1. The lowest BCUT2D eigenvalue weighted by Crippen LogP contribution is -2.51. The maximum atomic E-state index is 14.1. The van der Waals surface area contributed by atoms with E-state index in [2.05, 4.69) is 16.0 Å². The number of ether oxygens (including phenoxy) is 5. The van der Waals surface area contributed by atoms with Crippen molar-refractivity contribution in [2.75, 3.05) is 38.4 Å². The van der Waals surface area contributed by atoms with Crippen LogP contribution in [0.3, 0.4) is 0 Å². The smallest absolute Gasteiger partial charge is 0.495 e. The number of hydrogen-bond donors (Lipinski definition) is 8. The van der Waals surface area contributed by atoms with Gasteiger partial charge in [0.2, 0.25) is 17.7 Å². The summed E-state index contributed by atoms with van der Waals surface area (Å²) >= 11 is 13.4. The molecule has 0 unspecified atom stereocenters. The number of aliphatic hydroxyl groups excluding tert-OH is 4. The number of carboxylic acid groups (broad SMARTS) is 1. The Balaban J connectivity index is 1.85.